The van der Waals surface area contributed by atoms with Crippen LogP contribution in [0.1, 0.15) is 16.7 Å². The summed E-state index contributed by atoms with van der Waals surface area (Å²) >= 11 is 1.18. The highest BCUT2D eigenvalue weighted by Gasteiger charge is 2.12. The Bertz CT molecular complexity index is 554. The summed E-state index contributed by atoms with van der Waals surface area (Å²) < 4.78 is 5.22. The Morgan fingerprint density at radius 3 is 2.84 bits per heavy atom. The molecule has 0 aliphatic rings. The number of rotatable bonds is 5. The van der Waals surface area contributed by atoms with E-state index in [0.29, 0.717) is 28.3 Å². The topological polar surface area (TPSA) is 89.0 Å². The van der Waals surface area contributed by atoms with Crippen molar-refractivity contribution in [3.05, 3.63) is 23.3 Å². The van der Waals surface area contributed by atoms with E-state index < -0.39 is 0 Å². The van der Waals surface area contributed by atoms with Crippen LogP contribution in [-0.2, 0) is 0 Å². The minimum absolute atomic E-state index is 0.290. The van der Waals surface area contributed by atoms with Gasteiger partial charge in [0.2, 0.25) is 16.0 Å². The number of hydrogen-bond acceptors (Lipinski definition) is 7. The van der Waals surface area contributed by atoms with Crippen molar-refractivity contribution in [2.45, 2.75) is 6.92 Å². The molecule has 0 unspecified atom stereocenters. The fourth-order valence-electron chi connectivity index (χ4n) is 1.29. The van der Waals surface area contributed by atoms with E-state index in [-0.39, 0.29) is 5.91 Å². The Hall–Kier alpha value is -2.22. The van der Waals surface area contributed by atoms with Gasteiger partial charge in [-0.15, -0.1) is 10.2 Å². The lowest BCUT2D eigenvalue weighted by Gasteiger charge is -2.04. The van der Waals surface area contributed by atoms with Crippen molar-refractivity contribution in [3.63, 3.8) is 0 Å². The number of pyridine rings is 1. The molecule has 0 aliphatic heterocycles. The number of anilines is 2. The van der Waals surface area contributed by atoms with E-state index in [1.165, 1.54) is 17.5 Å². The number of aromatic nitrogens is 3. The van der Waals surface area contributed by atoms with Gasteiger partial charge >= 0.3 is 0 Å². The van der Waals surface area contributed by atoms with E-state index in [9.17, 15) is 4.79 Å². The maximum atomic E-state index is 11.9. The van der Waals surface area contributed by atoms with Crippen LogP contribution in [0.4, 0.5) is 10.8 Å². The van der Waals surface area contributed by atoms with Gasteiger partial charge in [0.25, 0.3) is 5.91 Å². The van der Waals surface area contributed by atoms with E-state index in [1.54, 1.807) is 19.2 Å². The number of amides is 1. The number of nitrogens with zero attached hydrogens (tertiary/aromatic N) is 3. The molecule has 0 fully saturated rings. The molecule has 2 aromatic heterocycles. The summed E-state index contributed by atoms with van der Waals surface area (Å²) in [7, 11) is 1.72. The average Bonchev–Trinajstić information content (AvgIpc) is 2.90. The maximum Gasteiger partial charge on any atom is 0.286 e. The summed E-state index contributed by atoms with van der Waals surface area (Å²) in [5.74, 6) is 0.207. The van der Waals surface area contributed by atoms with Crippen molar-refractivity contribution >= 4 is 28.1 Å². The second-order valence-electron chi connectivity index (χ2n) is 3.43. The van der Waals surface area contributed by atoms with E-state index in [2.05, 4.69) is 25.8 Å². The molecule has 0 aliphatic carbocycles. The molecule has 0 atom stereocenters. The third-order valence-electron chi connectivity index (χ3n) is 2.12. The lowest BCUT2D eigenvalue weighted by atomic mass is 10.4. The summed E-state index contributed by atoms with van der Waals surface area (Å²) in [6.45, 7) is 2.43. The van der Waals surface area contributed by atoms with Gasteiger partial charge < -0.3 is 15.4 Å². The van der Waals surface area contributed by atoms with E-state index in [4.69, 9.17) is 4.74 Å². The third-order valence-corrected chi connectivity index (χ3v) is 3.06. The standard InChI is InChI=1S/C11H13N5O2S/c1-3-18-8-5-4-7(6-13-8)14-9(17)10-15-16-11(12-2)19-10/h4-6H,3H2,1-2H3,(H,12,16)(H,14,17). The second-order valence-corrected chi connectivity index (χ2v) is 4.41. The summed E-state index contributed by atoms with van der Waals surface area (Å²) in [5, 5.41) is 14.0. The highest BCUT2D eigenvalue weighted by molar-refractivity contribution is 7.17. The average molecular weight is 279 g/mol. The van der Waals surface area contributed by atoms with Crippen LogP contribution in [0.5, 0.6) is 5.88 Å². The predicted octanol–water partition coefficient (Wildman–Crippen LogP) is 1.63. The normalized spacial score (nSPS) is 10.0. The molecule has 100 valence electrons. The first-order chi connectivity index (χ1) is 9.22. The Morgan fingerprint density at radius 2 is 2.26 bits per heavy atom. The van der Waals surface area contributed by atoms with Crippen molar-refractivity contribution in [1.29, 1.82) is 0 Å². The maximum absolute atomic E-state index is 11.9. The number of nitrogens with one attached hydrogen (secondary N) is 2. The molecule has 2 aromatic rings. The molecular formula is C11H13N5O2S. The van der Waals surface area contributed by atoms with Crippen molar-refractivity contribution in [1.82, 2.24) is 15.2 Å². The van der Waals surface area contributed by atoms with Gasteiger partial charge in [0, 0.05) is 13.1 Å². The fourth-order valence-corrected chi connectivity index (χ4v) is 1.88. The van der Waals surface area contributed by atoms with Crippen molar-refractivity contribution in [2.24, 2.45) is 0 Å². The fraction of sp³-hybridized carbons (Fsp3) is 0.273. The molecule has 7 nitrogen and oxygen atoms in total. The molecule has 0 saturated carbocycles. The molecule has 2 rings (SSSR count). The highest BCUT2D eigenvalue weighted by Crippen LogP contribution is 2.17. The molecule has 2 N–H and O–H groups in total. The minimum atomic E-state index is -0.315. The first-order valence-electron chi connectivity index (χ1n) is 5.64. The molecule has 1 amide bonds. The molecular weight excluding hydrogens is 266 g/mol. The van der Waals surface area contributed by atoms with Crippen molar-refractivity contribution < 1.29 is 9.53 Å². The Morgan fingerprint density at radius 1 is 1.42 bits per heavy atom. The lowest BCUT2D eigenvalue weighted by Crippen LogP contribution is -2.11. The van der Waals surface area contributed by atoms with E-state index in [1.807, 2.05) is 6.92 Å². The molecule has 2 heterocycles. The van der Waals surface area contributed by atoms with Crippen molar-refractivity contribution in [2.75, 3.05) is 24.3 Å². The first kappa shape index (κ1) is 13.2. The number of carbonyl (C=O) groups excluding carboxylic acids is 1. The summed E-state index contributed by atoms with van der Waals surface area (Å²) in [6.07, 6.45) is 1.53. The van der Waals surface area contributed by atoms with Gasteiger partial charge in [-0.2, -0.15) is 0 Å². The summed E-state index contributed by atoms with van der Waals surface area (Å²) in [6, 6.07) is 3.41. The van der Waals surface area contributed by atoms with Gasteiger partial charge in [0.05, 0.1) is 18.5 Å². The second kappa shape index (κ2) is 6.10. The zero-order valence-corrected chi connectivity index (χ0v) is 11.3. The number of ether oxygens (including phenoxy) is 1. The Labute approximate surface area is 114 Å². The molecule has 0 saturated heterocycles. The van der Waals surface area contributed by atoms with Crippen LogP contribution in [0.15, 0.2) is 18.3 Å². The van der Waals surface area contributed by atoms with Crippen LogP contribution in [0.2, 0.25) is 0 Å². The van der Waals surface area contributed by atoms with E-state index in [0.717, 1.165) is 0 Å². The molecule has 8 heteroatoms. The van der Waals surface area contributed by atoms with Crippen molar-refractivity contribution in [3.8, 4) is 5.88 Å². The molecule has 0 aromatic carbocycles. The zero-order valence-electron chi connectivity index (χ0n) is 10.5. The van der Waals surface area contributed by atoms with Crippen LogP contribution in [0.3, 0.4) is 0 Å². The van der Waals surface area contributed by atoms with Gasteiger partial charge in [-0.1, -0.05) is 11.3 Å². The van der Waals surface area contributed by atoms with Gasteiger partial charge in [-0.25, -0.2) is 4.98 Å². The number of hydrogen-bond donors (Lipinski definition) is 2. The van der Waals surface area contributed by atoms with E-state index >= 15 is 0 Å². The smallest absolute Gasteiger partial charge is 0.286 e. The highest BCUT2D eigenvalue weighted by atomic mass is 32.1. The third kappa shape index (κ3) is 3.38. The van der Waals surface area contributed by atoms with Gasteiger partial charge in [-0.3, -0.25) is 4.79 Å². The van der Waals surface area contributed by atoms with Gasteiger partial charge in [0.1, 0.15) is 0 Å². The number of carbonyl (C=O) groups is 1. The Kier molecular flexibility index (Phi) is 4.24. The van der Waals surface area contributed by atoms with Crippen LogP contribution in [0.25, 0.3) is 0 Å². The summed E-state index contributed by atoms with van der Waals surface area (Å²) in [4.78, 5) is 15.9. The van der Waals surface area contributed by atoms with Crippen LogP contribution < -0.4 is 15.4 Å². The molecule has 0 radical (unpaired) electrons. The molecule has 19 heavy (non-hydrogen) atoms. The molecule has 0 spiro atoms. The monoisotopic (exact) mass is 279 g/mol. The lowest BCUT2D eigenvalue weighted by molar-refractivity contribution is 0.102. The van der Waals surface area contributed by atoms with Gasteiger partial charge in [-0.05, 0) is 13.0 Å². The molecule has 0 bridgehead atoms. The quantitative estimate of drug-likeness (QED) is 0.864. The van der Waals surface area contributed by atoms with Gasteiger partial charge in [0.15, 0.2) is 0 Å². The van der Waals surface area contributed by atoms with Crippen LogP contribution in [0, 0.1) is 0 Å². The zero-order chi connectivity index (χ0) is 13.7. The largest absolute Gasteiger partial charge is 0.478 e. The summed E-state index contributed by atoms with van der Waals surface area (Å²) in [5.41, 5.74) is 0.578. The SMILES string of the molecule is CCOc1ccc(NC(=O)c2nnc(NC)s2)cn1. The predicted molar refractivity (Wildman–Crippen MR) is 72.8 cm³/mol. The van der Waals surface area contributed by atoms with Crippen LogP contribution in [-0.4, -0.2) is 34.7 Å². The minimum Gasteiger partial charge on any atom is -0.478 e. The van der Waals surface area contributed by atoms with Crippen LogP contribution >= 0.6 is 11.3 Å². The Balaban J connectivity index is 2.01. The first-order valence-corrected chi connectivity index (χ1v) is 6.46.